The van der Waals surface area contributed by atoms with Crippen LogP contribution in [-0.4, -0.2) is 50.0 Å². The van der Waals surface area contributed by atoms with Gasteiger partial charge in [0.15, 0.2) is 0 Å². The van der Waals surface area contributed by atoms with E-state index in [-0.39, 0.29) is 48.0 Å². The molecule has 1 aromatic heterocycles. The Bertz CT molecular complexity index is 1570. The molecule has 1 saturated heterocycles. The third kappa shape index (κ3) is 8.92. The first-order valence-corrected chi connectivity index (χ1v) is 17.0. The molecule has 0 spiro atoms. The number of hydrogen-bond donors (Lipinski definition) is 1. The SMILES string of the molecule is CCC1C[C@@H](N(Cc2cc(C(F)(F)F)cc(C(F)(F)F)c2)c2ncc(Br)cn2)C[C@@H](Cc2ccccc2)N1C(=O)[C@H]1CC[C@H](C(=O)O)CC1. The van der Waals surface area contributed by atoms with Crippen LogP contribution in [0.25, 0.3) is 0 Å². The number of rotatable bonds is 9. The highest BCUT2D eigenvalue weighted by Gasteiger charge is 2.44. The molecule has 1 unspecified atom stereocenters. The quantitative estimate of drug-likeness (QED) is 0.221. The molecular weight excluding hydrogens is 718 g/mol. The molecule has 3 aromatic rings. The van der Waals surface area contributed by atoms with Crippen molar-refractivity contribution < 1.29 is 41.0 Å². The van der Waals surface area contributed by atoms with Gasteiger partial charge in [0, 0.05) is 43.0 Å². The topological polar surface area (TPSA) is 86.6 Å². The normalized spacial score (nSPS) is 23.3. The van der Waals surface area contributed by atoms with Crippen molar-refractivity contribution in [2.45, 2.75) is 95.3 Å². The fourth-order valence-electron chi connectivity index (χ4n) is 7.22. The van der Waals surface area contributed by atoms with Crippen LogP contribution in [0.2, 0.25) is 0 Å². The first-order chi connectivity index (χ1) is 23.1. The second-order valence-corrected chi connectivity index (χ2v) is 13.8. The summed E-state index contributed by atoms with van der Waals surface area (Å²) in [6.07, 6.45) is -3.58. The van der Waals surface area contributed by atoms with Crippen molar-refractivity contribution in [1.29, 1.82) is 0 Å². The fraction of sp³-hybridized carbons (Fsp3) is 0.486. The van der Waals surface area contributed by atoms with Gasteiger partial charge in [-0.25, -0.2) is 9.97 Å². The summed E-state index contributed by atoms with van der Waals surface area (Å²) in [5.74, 6) is -1.59. The zero-order valence-electron chi connectivity index (χ0n) is 26.7. The molecule has 2 fully saturated rings. The molecule has 2 heterocycles. The number of amides is 1. The monoisotopic (exact) mass is 754 g/mol. The summed E-state index contributed by atoms with van der Waals surface area (Å²) < 4.78 is 83.4. The summed E-state index contributed by atoms with van der Waals surface area (Å²) >= 11 is 3.29. The number of carbonyl (C=O) groups is 2. The molecule has 2 aromatic carbocycles. The first-order valence-electron chi connectivity index (χ1n) is 16.3. The van der Waals surface area contributed by atoms with Crippen molar-refractivity contribution in [1.82, 2.24) is 14.9 Å². The first kappa shape index (κ1) is 36.6. The van der Waals surface area contributed by atoms with Crippen molar-refractivity contribution in [2.75, 3.05) is 4.90 Å². The molecule has 1 aliphatic carbocycles. The van der Waals surface area contributed by atoms with Crippen LogP contribution >= 0.6 is 15.9 Å². The number of hydrogen-bond acceptors (Lipinski definition) is 5. The number of anilines is 1. The third-order valence-electron chi connectivity index (χ3n) is 9.65. The maximum absolute atomic E-state index is 14.3. The predicted octanol–water partition coefficient (Wildman–Crippen LogP) is 8.56. The highest BCUT2D eigenvalue weighted by Crippen LogP contribution is 2.40. The van der Waals surface area contributed by atoms with Gasteiger partial charge in [-0.05, 0) is 96.6 Å². The number of carboxylic acid groups (broad SMARTS) is 1. The Morgan fingerprint density at radius 2 is 1.41 bits per heavy atom. The van der Waals surface area contributed by atoms with Gasteiger partial charge in [-0.3, -0.25) is 9.59 Å². The summed E-state index contributed by atoms with van der Waals surface area (Å²) in [4.78, 5) is 38.2. The highest BCUT2D eigenvalue weighted by molar-refractivity contribution is 9.10. The third-order valence-corrected chi connectivity index (χ3v) is 10.1. The van der Waals surface area contributed by atoms with Gasteiger partial charge < -0.3 is 14.9 Å². The predicted molar refractivity (Wildman–Crippen MR) is 173 cm³/mol. The molecule has 1 aliphatic heterocycles. The van der Waals surface area contributed by atoms with Crippen LogP contribution in [0.1, 0.15) is 74.1 Å². The summed E-state index contributed by atoms with van der Waals surface area (Å²) in [5.41, 5.74) is -2.04. The summed E-state index contributed by atoms with van der Waals surface area (Å²) in [5, 5.41) is 9.48. The van der Waals surface area contributed by atoms with E-state index in [0.29, 0.717) is 55.8 Å². The smallest absolute Gasteiger partial charge is 0.416 e. The minimum atomic E-state index is -5.00. The molecule has 264 valence electrons. The molecule has 0 bridgehead atoms. The zero-order valence-corrected chi connectivity index (χ0v) is 28.3. The maximum atomic E-state index is 14.3. The number of halogens is 7. The molecule has 1 N–H and O–H groups in total. The summed E-state index contributed by atoms with van der Waals surface area (Å²) in [6.45, 7) is 1.61. The van der Waals surface area contributed by atoms with Crippen LogP contribution in [-0.2, 0) is 34.9 Å². The average molecular weight is 756 g/mol. The van der Waals surface area contributed by atoms with Gasteiger partial charge in [-0.2, -0.15) is 26.3 Å². The second kappa shape index (κ2) is 15.1. The number of likely N-dealkylation sites (tertiary alicyclic amines) is 1. The van der Waals surface area contributed by atoms with Gasteiger partial charge in [0.2, 0.25) is 11.9 Å². The number of alkyl halides is 6. The van der Waals surface area contributed by atoms with E-state index in [4.69, 9.17) is 0 Å². The van der Waals surface area contributed by atoms with E-state index >= 15 is 0 Å². The van der Waals surface area contributed by atoms with Gasteiger partial charge in [0.05, 0.1) is 21.5 Å². The summed E-state index contributed by atoms with van der Waals surface area (Å²) in [7, 11) is 0. The number of carboxylic acids is 1. The lowest BCUT2D eigenvalue weighted by Crippen LogP contribution is -2.59. The molecule has 14 heteroatoms. The Morgan fingerprint density at radius 1 is 0.857 bits per heavy atom. The second-order valence-electron chi connectivity index (χ2n) is 12.9. The molecule has 49 heavy (non-hydrogen) atoms. The van der Waals surface area contributed by atoms with Crippen molar-refractivity contribution in [3.05, 3.63) is 87.7 Å². The lowest BCUT2D eigenvalue weighted by atomic mass is 9.79. The van der Waals surface area contributed by atoms with E-state index in [9.17, 15) is 41.0 Å². The van der Waals surface area contributed by atoms with Gasteiger partial charge in [-0.1, -0.05) is 37.3 Å². The lowest BCUT2D eigenvalue weighted by Gasteiger charge is -2.49. The van der Waals surface area contributed by atoms with E-state index in [1.165, 1.54) is 12.4 Å². The fourth-order valence-corrected chi connectivity index (χ4v) is 7.42. The molecule has 5 rings (SSSR count). The van der Waals surface area contributed by atoms with Crippen LogP contribution in [0, 0.1) is 11.8 Å². The maximum Gasteiger partial charge on any atom is 0.416 e. The van der Waals surface area contributed by atoms with E-state index in [2.05, 4.69) is 25.9 Å². The number of aliphatic carboxylic acids is 1. The van der Waals surface area contributed by atoms with Crippen LogP contribution in [0.5, 0.6) is 0 Å². The molecular formula is C35H37BrF6N4O3. The standard InChI is InChI=1S/C35H37BrF6N4O3/c1-2-28-16-29(17-30(14-21-6-4-3-5-7-21)46(28)31(47)23-8-10-24(11-9-23)32(48)49)45(33-43-18-27(36)19-44-33)20-22-12-25(34(37,38)39)15-26(13-22)35(40,41)42/h3-7,12-13,15,18-19,23-24,28-30H,2,8-11,14,16-17,20H2,1H3,(H,48,49)/t23-,24-,28?,29-,30-/m1/s1. The number of nitrogens with zero attached hydrogens (tertiary/aromatic N) is 4. The van der Waals surface area contributed by atoms with E-state index in [0.717, 1.165) is 17.7 Å². The largest absolute Gasteiger partial charge is 0.481 e. The molecule has 7 nitrogen and oxygen atoms in total. The van der Waals surface area contributed by atoms with Crippen molar-refractivity contribution >= 4 is 33.8 Å². The molecule has 0 radical (unpaired) electrons. The Labute approximate surface area is 288 Å². The van der Waals surface area contributed by atoms with Gasteiger partial charge in [0.1, 0.15) is 0 Å². The van der Waals surface area contributed by atoms with Crippen molar-refractivity contribution in [2.24, 2.45) is 11.8 Å². The molecule has 2 aliphatic rings. The van der Waals surface area contributed by atoms with E-state index in [1.54, 1.807) is 4.90 Å². The zero-order chi connectivity index (χ0) is 35.5. The van der Waals surface area contributed by atoms with Crippen molar-refractivity contribution in [3.8, 4) is 0 Å². The Balaban J connectivity index is 1.52. The van der Waals surface area contributed by atoms with Gasteiger partial charge in [0.25, 0.3) is 0 Å². The highest BCUT2D eigenvalue weighted by atomic mass is 79.9. The van der Waals surface area contributed by atoms with Crippen LogP contribution in [0.15, 0.2) is 65.4 Å². The minimum absolute atomic E-state index is 0.0470. The van der Waals surface area contributed by atoms with E-state index in [1.807, 2.05) is 42.2 Å². The Hall–Kier alpha value is -3.68. The number of carbonyl (C=O) groups excluding carboxylic acids is 1. The van der Waals surface area contributed by atoms with Crippen LogP contribution in [0.4, 0.5) is 32.3 Å². The Kier molecular flexibility index (Phi) is 11.2. The molecule has 3 atom stereocenters. The number of benzene rings is 2. The number of piperidine rings is 1. The Morgan fingerprint density at radius 3 is 1.94 bits per heavy atom. The van der Waals surface area contributed by atoms with Crippen molar-refractivity contribution in [3.63, 3.8) is 0 Å². The van der Waals surface area contributed by atoms with Gasteiger partial charge >= 0.3 is 18.3 Å². The number of aromatic nitrogens is 2. The van der Waals surface area contributed by atoms with Crippen LogP contribution in [0.3, 0.4) is 0 Å². The molecule has 1 amide bonds. The molecule has 1 saturated carbocycles. The van der Waals surface area contributed by atoms with E-state index < -0.39 is 41.4 Å². The average Bonchev–Trinajstić information content (AvgIpc) is 3.06. The lowest BCUT2D eigenvalue weighted by molar-refractivity contribution is -0.149. The van der Waals surface area contributed by atoms with Crippen LogP contribution < -0.4 is 4.90 Å². The van der Waals surface area contributed by atoms with Gasteiger partial charge in [-0.15, -0.1) is 0 Å². The summed E-state index contributed by atoms with van der Waals surface area (Å²) in [6, 6.07) is 10.0. The minimum Gasteiger partial charge on any atom is -0.481 e.